The Morgan fingerprint density at radius 3 is 2.37 bits per heavy atom. The van der Waals surface area contributed by atoms with Gasteiger partial charge in [-0.3, -0.25) is 14.4 Å². The lowest BCUT2D eigenvalue weighted by atomic mass is 10.1. The van der Waals surface area contributed by atoms with Gasteiger partial charge in [-0.25, -0.2) is 0 Å². The predicted molar refractivity (Wildman–Crippen MR) is 117 cm³/mol. The van der Waals surface area contributed by atoms with Crippen LogP contribution in [0.3, 0.4) is 0 Å². The van der Waals surface area contributed by atoms with Crippen molar-refractivity contribution in [3.05, 3.63) is 65.7 Å². The van der Waals surface area contributed by atoms with Crippen LogP contribution in [0.4, 0.5) is 5.69 Å². The number of nitrogens with zero attached hydrogens (tertiary/aromatic N) is 2. The highest BCUT2D eigenvalue weighted by molar-refractivity contribution is 6.00. The van der Waals surface area contributed by atoms with Crippen LogP contribution in [0.5, 0.6) is 0 Å². The lowest BCUT2D eigenvalue weighted by molar-refractivity contribution is -0.134. The van der Waals surface area contributed by atoms with Crippen LogP contribution in [0.15, 0.2) is 54.6 Å². The molecule has 1 aliphatic rings. The normalized spacial score (nSPS) is 15.9. The number of aryl methyl sites for hydroxylation is 1. The standard InChI is InChI=1S/C24H29N3O3/c1-3-18-10-12-21(13-11-18)27-17-20(14-22(27)28)24(30)25-15-23(29)26(4-2)16-19-8-6-5-7-9-19/h5-13,20H,3-4,14-17H2,1-2H3,(H,25,30). The molecule has 1 N–H and O–H groups in total. The summed E-state index contributed by atoms with van der Waals surface area (Å²) in [7, 11) is 0. The van der Waals surface area contributed by atoms with Gasteiger partial charge < -0.3 is 15.1 Å². The molecule has 2 aromatic carbocycles. The number of benzene rings is 2. The topological polar surface area (TPSA) is 69.7 Å². The minimum Gasteiger partial charge on any atom is -0.347 e. The summed E-state index contributed by atoms with van der Waals surface area (Å²) < 4.78 is 0. The lowest BCUT2D eigenvalue weighted by Crippen LogP contribution is -2.42. The summed E-state index contributed by atoms with van der Waals surface area (Å²) in [5, 5.41) is 2.73. The Labute approximate surface area is 177 Å². The van der Waals surface area contributed by atoms with E-state index >= 15 is 0 Å². The zero-order chi connectivity index (χ0) is 21.5. The number of rotatable bonds is 8. The summed E-state index contributed by atoms with van der Waals surface area (Å²) in [6.45, 7) is 5.35. The maximum Gasteiger partial charge on any atom is 0.242 e. The first-order valence-electron chi connectivity index (χ1n) is 10.5. The van der Waals surface area contributed by atoms with Gasteiger partial charge in [0.15, 0.2) is 0 Å². The van der Waals surface area contributed by atoms with Crippen LogP contribution >= 0.6 is 0 Å². The Balaban J connectivity index is 1.52. The fourth-order valence-corrected chi connectivity index (χ4v) is 3.64. The van der Waals surface area contributed by atoms with Crippen molar-refractivity contribution in [2.45, 2.75) is 33.2 Å². The first kappa shape index (κ1) is 21.6. The highest BCUT2D eigenvalue weighted by atomic mass is 16.2. The molecule has 3 rings (SSSR count). The molecule has 0 aromatic heterocycles. The van der Waals surface area contributed by atoms with Crippen molar-refractivity contribution in [1.29, 1.82) is 0 Å². The van der Waals surface area contributed by atoms with Gasteiger partial charge in [0, 0.05) is 31.7 Å². The van der Waals surface area contributed by atoms with Gasteiger partial charge in [-0.05, 0) is 36.6 Å². The molecule has 30 heavy (non-hydrogen) atoms. The molecule has 1 heterocycles. The van der Waals surface area contributed by atoms with E-state index in [9.17, 15) is 14.4 Å². The van der Waals surface area contributed by atoms with Gasteiger partial charge in [0.05, 0.1) is 12.5 Å². The van der Waals surface area contributed by atoms with Gasteiger partial charge in [0.2, 0.25) is 17.7 Å². The molecule has 1 atom stereocenters. The molecule has 0 spiro atoms. The van der Waals surface area contributed by atoms with Crippen molar-refractivity contribution < 1.29 is 14.4 Å². The molecule has 0 aliphatic carbocycles. The fraction of sp³-hybridized carbons (Fsp3) is 0.375. The molecular weight excluding hydrogens is 378 g/mol. The largest absolute Gasteiger partial charge is 0.347 e. The van der Waals surface area contributed by atoms with Gasteiger partial charge in [0.1, 0.15) is 0 Å². The average Bonchev–Trinajstić information content (AvgIpc) is 3.18. The predicted octanol–water partition coefficient (Wildman–Crippen LogP) is 2.77. The van der Waals surface area contributed by atoms with Crippen LogP contribution in [0.1, 0.15) is 31.4 Å². The second kappa shape index (κ2) is 10.1. The molecule has 0 saturated carbocycles. The van der Waals surface area contributed by atoms with Crippen LogP contribution in [0.25, 0.3) is 0 Å². The van der Waals surface area contributed by atoms with Crippen molar-refractivity contribution in [2.75, 3.05) is 24.5 Å². The van der Waals surface area contributed by atoms with E-state index in [0.717, 1.165) is 17.7 Å². The van der Waals surface area contributed by atoms with Crippen molar-refractivity contribution in [1.82, 2.24) is 10.2 Å². The minimum absolute atomic E-state index is 0.0601. The van der Waals surface area contributed by atoms with E-state index < -0.39 is 5.92 Å². The number of hydrogen-bond donors (Lipinski definition) is 1. The maximum absolute atomic E-state index is 12.6. The van der Waals surface area contributed by atoms with E-state index in [4.69, 9.17) is 0 Å². The van der Waals surface area contributed by atoms with Crippen LogP contribution < -0.4 is 10.2 Å². The summed E-state index contributed by atoms with van der Waals surface area (Å²) in [5.74, 6) is -0.892. The van der Waals surface area contributed by atoms with Crippen LogP contribution in [0.2, 0.25) is 0 Å². The van der Waals surface area contributed by atoms with Gasteiger partial charge in [-0.15, -0.1) is 0 Å². The van der Waals surface area contributed by atoms with Crippen LogP contribution in [-0.2, 0) is 27.3 Å². The van der Waals surface area contributed by atoms with Crippen molar-refractivity contribution in [2.24, 2.45) is 5.92 Å². The Hall–Kier alpha value is -3.15. The molecule has 0 radical (unpaired) electrons. The minimum atomic E-state index is -0.444. The summed E-state index contributed by atoms with van der Waals surface area (Å²) in [6, 6.07) is 17.6. The number of nitrogens with one attached hydrogen (secondary N) is 1. The molecule has 1 unspecified atom stereocenters. The van der Waals surface area contributed by atoms with E-state index in [1.165, 1.54) is 5.56 Å². The van der Waals surface area contributed by atoms with Crippen molar-refractivity contribution >= 4 is 23.4 Å². The summed E-state index contributed by atoms with van der Waals surface area (Å²) in [6.07, 6.45) is 1.10. The second-order valence-corrected chi connectivity index (χ2v) is 7.54. The van der Waals surface area contributed by atoms with Gasteiger partial charge in [-0.2, -0.15) is 0 Å². The lowest BCUT2D eigenvalue weighted by Gasteiger charge is -2.22. The van der Waals surface area contributed by atoms with Gasteiger partial charge in [0.25, 0.3) is 0 Å². The Morgan fingerprint density at radius 1 is 1.03 bits per heavy atom. The van der Waals surface area contributed by atoms with Gasteiger partial charge >= 0.3 is 0 Å². The molecule has 1 saturated heterocycles. The number of amides is 3. The van der Waals surface area contributed by atoms with E-state index in [0.29, 0.717) is 19.6 Å². The molecular formula is C24H29N3O3. The monoisotopic (exact) mass is 407 g/mol. The smallest absolute Gasteiger partial charge is 0.242 e. The molecule has 6 heteroatoms. The molecule has 6 nitrogen and oxygen atoms in total. The van der Waals surface area contributed by atoms with E-state index in [2.05, 4.69) is 12.2 Å². The highest BCUT2D eigenvalue weighted by Crippen LogP contribution is 2.25. The first-order valence-corrected chi connectivity index (χ1v) is 10.5. The molecule has 0 bridgehead atoms. The molecule has 1 aliphatic heterocycles. The SMILES string of the molecule is CCc1ccc(N2CC(C(=O)NCC(=O)N(CC)Cc3ccccc3)CC2=O)cc1. The zero-order valence-electron chi connectivity index (χ0n) is 17.6. The van der Waals surface area contributed by atoms with E-state index in [1.54, 1.807) is 9.80 Å². The number of anilines is 1. The summed E-state index contributed by atoms with van der Waals surface area (Å²) in [5.41, 5.74) is 3.06. The quantitative estimate of drug-likeness (QED) is 0.732. The summed E-state index contributed by atoms with van der Waals surface area (Å²) >= 11 is 0. The first-order chi connectivity index (χ1) is 14.5. The number of likely N-dealkylation sites (N-methyl/N-ethyl adjacent to an activating group) is 1. The molecule has 1 fully saturated rings. The third-order valence-electron chi connectivity index (χ3n) is 5.52. The summed E-state index contributed by atoms with van der Waals surface area (Å²) in [4.78, 5) is 40.9. The maximum atomic E-state index is 12.6. The zero-order valence-corrected chi connectivity index (χ0v) is 17.6. The number of hydrogen-bond acceptors (Lipinski definition) is 3. The molecule has 2 aromatic rings. The Bertz CT molecular complexity index is 880. The third-order valence-corrected chi connectivity index (χ3v) is 5.52. The molecule has 158 valence electrons. The average molecular weight is 408 g/mol. The Morgan fingerprint density at radius 2 is 1.73 bits per heavy atom. The number of carbonyl (C=O) groups excluding carboxylic acids is 3. The highest BCUT2D eigenvalue weighted by Gasteiger charge is 2.35. The van der Waals surface area contributed by atoms with E-state index in [1.807, 2.05) is 61.5 Å². The van der Waals surface area contributed by atoms with Crippen molar-refractivity contribution in [3.63, 3.8) is 0 Å². The number of carbonyl (C=O) groups is 3. The Kier molecular flexibility index (Phi) is 7.22. The fourth-order valence-electron chi connectivity index (χ4n) is 3.64. The van der Waals surface area contributed by atoms with Crippen LogP contribution in [-0.4, -0.2) is 42.3 Å². The van der Waals surface area contributed by atoms with Gasteiger partial charge in [-0.1, -0.05) is 49.4 Å². The van der Waals surface area contributed by atoms with Crippen LogP contribution in [0, 0.1) is 5.92 Å². The second-order valence-electron chi connectivity index (χ2n) is 7.54. The third kappa shape index (κ3) is 5.26. The molecule has 3 amide bonds. The van der Waals surface area contributed by atoms with E-state index in [-0.39, 0.29) is 30.7 Å². The van der Waals surface area contributed by atoms with Crippen molar-refractivity contribution in [3.8, 4) is 0 Å².